The van der Waals surface area contributed by atoms with Gasteiger partial charge in [-0.2, -0.15) is 4.98 Å². The molecule has 202 valence electrons. The lowest BCUT2D eigenvalue weighted by Gasteiger charge is -2.24. The third-order valence-electron chi connectivity index (χ3n) is 6.73. The Morgan fingerprint density at radius 2 is 1.90 bits per heavy atom. The van der Waals surface area contributed by atoms with Crippen LogP contribution in [0.5, 0.6) is 5.88 Å². The van der Waals surface area contributed by atoms with Crippen LogP contribution in [-0.4, -0.2) is 48.5 Å². The summed E-state index contributed by atoms with van der Waals surface area (Å²) in [6, 6.07) is 4.58. The largest absolute Gasteiger partial charge is 0.493 e. The molecule has 0 aliphatic carbocycles. The number of aromatic hydroxyl groups is 1. The highest BCUT2D eigenvalue weighted by Crippen LogP contribution is 2.32. The second kappa shape index (κ2) is 10.6. The molecule has 5 rings (SSSR count). The van der Waals surface area contributed by atoms with Gasteiger partial charge in [0, 0.05) is 48.0 Å². The van der Waals surface area contributed by atoms with Gasteiger partial charge in [-0.25, -0.2) is 18.2 Å². The molecule has 1 aliphatic rings. The molecule has 1 amide bonds. The molecule has 0 radical (unpaired) electrons. The third-order valence-corrected chi connectivity index (χ3v) is 7.68. The number of aromatic nitrogens is 4. The number of pyridine rings is 1. The molecule has 2 unspecified atom stereocenters. The number of likely N-dealkylation sites (tertiary alicyclic amines) is 1. The summed E-state index contributed by atoms with van der Waals surface area (Å²) < 4.78 is 43.2. The Labute approximate surface area is 225 Å². The molecule has 0 spiro atoms. The van der Waals surface area contributed by atoms with E-state index in [2.05, 4.69) is 15.0 Å². The number of halogens is 3. The standard InChI is InChI=1S/C27H24F3N5O3S/c1-3-21(16-8-18(29)10-19(30)9-16)35-23(25-32-14(2)13-39-25)33-24(36)22(27(35)38)26(37)34-7-5-15(12-34)20-11-17(28)4-6-31-20/h4,6,8-11,13,15,21,36H,3,5,7,12H2,1-2H3. The van der Waals surface area contributed by atoms with Crippen LogP contribution in [0.15, 0.2) is 46.7 Å². The number of amides is 1. The Bertz CT molecular complexity index is 1600. The van der Waals surface area contributed by atoms with Gasteiger partial charge in [0.05, 0.1) is 6.04 Å². The maximum atomic E-state index is 14.2. The minimum absolute atomic E-state index is 0.0214. The fraction of sp³-hybridized carbons (Fsp3) is 0.296. The number of nitrogens with zero attached hydrogens (tertiary/aromatic N) is 5. The molecule has 1 saturated heterocycles. The number of hydrogen-bond donors (Lipinski definition) is 1. The van der Waals surface area contributed by atoms with Crippen molar-refractivity contribution in [3.8, 4) is 16.7 Å². The van der Waals surface area contributed by atoms with Crippen molar-refractivity contribution in [2.75, 3.05) is 13.1 Å². The first-order chi connectivity index (χ1) is 18.7. The van der Waals surface area contributed by atoms with Crippen LogP contribution in [0.25, 0.3) is 10.8 Å². The van der Waals surface area contributed by atoms with Crippen molar-refractivity contribution in [3.05, 3.63) is 92.2 Å². The van der Waals surface area contributed by atoms with Crippen LogP contribution in [0.3, 0.4) is 0 Å². The zero-order valence-corrected chi connectivity index (χ0v) is 21.9. The van der Waals surface area contributed by atoms with E-state index in [4.69, 9.17) is 0 Å². The van der Waals surface area contributed by atoms with Crippen LogP contribution in [0.1, 0.15) is 59.0 Å². The summed E-state index contributed by atoms with van der Waals surface area (Å²) in [6.07, 6.45) is 2.06. The Kier molecular flexibility index (Phi) is 7.21. The van der Waals surface area contributed by atoms with Crippen LogP contribution in [0, 0.1) is 24.4 Å². The lowest BCUT2D eigenvalue weighted by molar-refractivity contribution is 0.0784. The van der Waals surface area contributed by atoms with E-state index >= 15 is 0 Å². The first kappa shape index (κ1) is 26.5. The van der Waals surface area contributed by atoms with Crippen LogP contribution in [-0.2, 0) is 0 Å². The van der Waals surface area contributed by atoms with Gasteiger partial charge >= 0.3 is 0 Å². The maximum absolute atomic E-state index is 14.2. The molecule has 1 fully saturated rings. The zero-order valence-electron chi connectivity index (χ0n) is 21.1. The molecule has 2 atom stereocenters. The van der Waals surface area contributed by atoms with Crippen molar-refractivity contribution in [1.82, 2.24) is 24.4 Å². The van der Waals surface area contributed by atoms with E-state index in [9.17, 15) is 27.9 Å². The molecule has 8 nitrogen and oxygen atoms in total. The SMILES string of the molecule is CCC(c1cc(F)cc(F)c1)n1c(-c2nc(C)cs2)nc(O)c(C(=O)N2CCC(c3cc(F)ccn3)C2)c1=O. The first-order valence-corrected chi connectivity index (χ1v) is 13.2. The number of benzene rings is 1. The number of carbonyl (C=O) groups excluding carboxylic acids is 1. The number of aryl methyl sites for hydroxylation is 1. The van der Waals surface area contributed by atoms with E-state index in [0.29, 0.717) is 22.8 Å². The second-order valence-electron chi connectivity index (χ2n) is 9.37. The lowest BCUT2D eigenvalue weighted by atomic mass is 10.0. The molecule has 0 bridgehead atoms. The predicted octanol–water partition coefficient (Wildman–Crippen LogP) is 4.82. The highest BCUT2D eigenvalue weighted by atomic mass is 32.1. The quantitative estimate of drug-likeness (QED) is 0.366. The fourth-order valence-electron chi connectivity index (χ4n) is 4.93. The summed E-state index contributed by atoms with van der Waals surface area (Å²) in [5.74, 6) is -3.87. The minimum Gasteiger partial charge on any atom is -0.493 e. The zero-order chi connectivity index (χ0) is 27.8. The summed E-state index contributed by atoms with van der Waals surface area (Å²) in [6.45, 7) is 3.88. The van der Waals surface area contributed by atoms with E-state index in [1.165, 1.54) is 39.1 Å². The lowest BCUT2D eigenvalue weighted by Crippen LogP contribution is -2.38. The molecular weight excluding hydrogens is 531 g/mol. The van der Waals surface area contributed by atoms with Gasteiger partial charge in [-0.15, -0.1) is 11.3 Å². The fourth-order valence-corrected chi connectivity index (χ4v) is 5.71. The average Bonchev–Trinajstić information content (AvgIpc) is 3.55. The van der Waals surface area contributed by atoms with Gasteiger partial charge in [-0.1, -0.05) is 6.92 Å². The molecule has 1 aliphatic heterocycles. The normalized spacial score (nSPS) is 16.0. The highest BCUT2D eigenvalue weighted by Gasteiger charge is 2.34. The Morgan fingerprint density at radius 3 is 2.54 bits per heavy atom. The molecule has 4 heterocycles. The van der Waals surface area contributed by atoms with Gasteiger partial charge < -0.3 is 10.0 Å². The molecule has 1 aromatic carbocycles. The smallest absolute Gasteiger partial charge is 0.271 e. The Morgan fingerprint density at radius 1 is 1.15 bits per heavy atom. The average molecular weight is 556 g/mol. The van der Waals surface area contributed by atoms with Crippen molar-refractivity contribution in [2.45, 2.75) is 38.6 Å². The van der Waals surface area contributed by atoms with Gasteiger partial charge in [0.15, 0.2) is 16.4 Å². The van der Waals surface area contributed by atoms with Gasteiger partial charge in [-0.3, -0.25) is 19.1 Å². The van der Waals surface area contributed by atoms with Crippen molar-refractivity contribution >= 4 is 17.2 Å². The monoisotopic (exact) mass is 555 g/mol. The van der Waals surface area contributed by atoms with Crippen LogP contribution in [0.2, 0.25) is 0 Å². The molecule has 4 aromatic rings. The number of hydrogen-bond acceptors (Lipinski definition) is 7. The van der Waals surface area contributed by atoms with Crippen LogP contribution < -0.4 is 5.56 Å². The van der Waals surface area contributed by atoms with Crippen molar-refractivity contribution < 1.29 is 23.1 Å². The molecule has 0 saturated carbocycles. The molecular formula is C27H24F3N5O3S. The third kappa shape index (κ3) is 5.16. The van der Waals surface area contributed by atoms with Gasteiger partial charge in [0.25, 0.3) is 11.5 Å². The summed E-state index contributed by atoms with van der Waals surface area (Å²) in [5, 5.41) is 12.9. The van der Waals surface area contributed by atoms with Crippen LogP contribution >= 0.6 is 11.3 Å². The topological polar surface area (TPSA) is 101 Å². The van der Waals surface area contributed by atoms with E-state index in [1.54, 1.807) is 19.2 Å². The Balaban J connectivity index is 1.61. The van der Waals surface area contributed by atoms with Crippen LogP contribution in [0.4, 0.5) is 13.2 Å². The van der Waals surface area contributed by atoms with Crippen molar-refractivity contribution in [1.29, 1.82) is 0 Å². The first-order valence-electron chi connectivity index (χ1n) is 12.3. The molecule has 3 aromatic heterocycles. The molecule has 1 N–H and O–H groups in total. The molecule has 12 heteroatoms. The van der Waals surface area contributed by atoms with Crippen molar-refractivity contribution in [2.24, 2.45) is 0 Å². The number of carbonyl (C=O) groups is 1. The highest BCUT2D eigenvalue weighted by molar-refractivity contribution is 7.13. The summed E-state index contributed by atoms with van der Waals surface area (Å²) in [7, 11) is 0. The van der Waals surface area contributed by atoms with E-state index in [0.717, 1.165) is 18.2 Å². The predicted molar refractivity (Wildman–Crippen MR) is 138 cm³/mol. The summed E-state index contributed by atoms with van der Waals surface area (Å²) >= 11 is 1.18. The summed E-state index contributed by atoms with van der Waals surface area (Å²) in [5.41, 5.74) is -0.126. The summed E-state index contributed by atoms with van der Waals surface area (Å²) in [4.78, 5) is 41.7. The van der Waals surface area contributed by atoms with E-state index in [1.807, 2.05) is 0 Å². The van der Waals surface area contributed by atoms with Gasteiger partial charge in [0.1, 0.15) is 17.5 Å². The van der Waals surface area contributed by atoms with E-state index < -0.39 is 46.4 Å². The van der Waals surface area contributed by atoms with E-state index in [-0.39, 0.29) is 36.8 Å². The van der Waals surface area contributed by atoms with Gasteiger partial charge in [0.2, 0.25) is 5.88 Å². The second-order valence-corrected chi connectivity index (χ2v) is 10.2. The van der Waals surface area contributed by atoms with Crippen molar-refractivity contribution in [3.63, 3.8) is 0 Å². The number of rotatable bonds is 6. The maximum Gasteiger partial charge on any atom is 0.271 e. The minimum atomic E-state index is -0.913. The number of thiazole rings is 1. The Hall–Kier alpha value is -4.06. The molecule has 39 heavy (non-hydrogen) atoms. The van der Waals surface area contributed by atoms with Gasteiger partial charge in [-0.05, 0) is 49.6 Å².